The number of phenols is 1. The molecule has 0 spiro atoms. The van der Waals surface area contributed by atoms with Crippen LogP contribution in [-0.4, -0.2) is 34.0 Å². The van der Waals surface area contributed by atoms with Crippen molar-refractivity contribution in [3.05, 3.63) is 47.0 Å². The van der Waals surface area contributed by atoms with Crippen LogP contribution < -0.4 is 5.32 Å². The number of nitrogens with one attached hydrogen (secondary N) is 1. The van der Waals surface area contributed by atoms with Gasteiger partial charge in [-0.1, -0.05) is 42.6 Å². The number of hydrogen-bond donors (Lipinski definition) is 2. The van der Waals surface area contributed by atoms with E-state index in [4.69, 9.17) is 11.6 Å². The van der Waals surface area contributed by atoms with Gasteiger partial charge in [-0.2, -0.15) is 0 Å². The molecule has 156 valence electrons. The van der Waals surface area contributed by atoms with Gasteiger partial charge in [0.25, 0.3) is 0 Å². The molecule has 0 radical (unpaired) electrons. The molecular weight excluding hydrogens is 438 g/mol. The number of hydrogen-bond acceptors (Lipinski definition) is 6. The van der Waals surface area contributed by atoms with Crippen LogP contribution in [0.5, 0.6) is 5.75 Å². The molecule has 1 fully saturated rings. The van der Waals surface area contributed by atoms with Crippen molar-refractivity contribution >= 4 is 62.7 Å². The van der Waals surface area contributed by atoms with E-state index in [0.29, 0.717) is 22.4 Å². The number of benzene rings is 2. The summed E-state index contributed by atoms with van der Waals surface area (Å²) in [7, 11) is 0. The Morgan fingerprint density at radius 3 is 2.93 bits per heavy atom. The Hall–Kier alpha value is -2.09. The summed E-state index contributed by atoms with van der Waals surface area (Å²) in [6.45, 7) is 0. The average Bonchev–Trinajstić information content (AvgIpc) is 3.16. The van der Waals surface area contributed by atoms with E-state index >= 15 is 0 Å². The monoisotopic (exact) mass is 459 g/mol. The zero-order valence-electron chi connectivity index (χ0n) is 16.3. The number of fused-ring (bicyclic) bond motifs is 1. The van der Waals surface area contributed by atoms with E-state index in [0.717, 1.165) is 33.1 Å². The Morgan fingerprint density at radius 2 is 2.10 bits per heavy atom. The smallest absolute Gasteiger partial charge is 0.230 e. The van der Waals surface area contributed by atoms with Crippen molar-refractivity contribution in [2.45, 2.75) is 42.5 Å². The van der Waals surface area contributed by atoms with Gasteiger partial charge in [0, 0.05) is 22.8 Å². The van der Waals surface area contributed by atoms with Crippen molar-refractivity contribution in [1.29, 1.82) is 0 Å². The number of amides is 1. The van der Waals surface area contributed by atoms with E-state index in [2.05, 4.69) is 15.3 Å². The SMILES string of the molecule is O=C(CSc1nc2ccc(N=Cc3cc(Cl)ccc3O)cc2s1)NC1CCCCC1. The minimum absolute atomic E-state index is 0.0813. The first-order valence-corrected chi connectivity index (χ1v) is 12.1. The van der Waals surface area contributed by atoms with Crippen molar-refractivity contribution in [2.75, 3.05) is 5.75 Å². The van der Waals surface area contributed by atoms with Gasteiger partial charge in [-0.05, 0) is 49.2 Å². The summed E-state index contributed by atoms with van der Waals surface area (Å²) in [5.74, 6) is 0.597. The van der Waals surface area contributed by atoms with Crippen LogP contribution in [-0.2, 0) is 4.79 Å². The number of thioether (sulfide) groups is 1. The molecule has 1 heterocycles. The first kappa shape index (κ1) is 21.2. The predicted octanol–water partition coefficient (Wildman–Crippen LogP) is 5.95. The van der Waals surface area contributed by atoms with Crippen LogP contribution in [0.4, 0.5) is 5.69 Å². The van der Waals surface area contributed by atoms with Gasteiger partial charge in [0.1, 0.15) is 5.75 Å². The van der Waals surface area contributed by atoms with E-state index in [9.17, 15) is 9.90 Å². The third kappa shape index (κ3) is 5.53. The van der Waals surface area contributed by atoms with E-state index < -0.39 is 0 Å². The maximum atomic E-state index is 12.2. The molecule has 8 heteroatoms. The molecule has 5 nitrogen and oxygen atoms in total. The van der Waals surface area contributed by atoms with Crippen LogP contribution in [0.3, 0.4) is 0 Å². The predicted molar refractivity (Wildman–Crippen MR) is 126 cm³/mol. The number of carbonyl (C=O) groups is 1. The third-order valence-corrected chi connectivity index (χ3v) is 7.39. The van der Waals surface area contributed by atoms with Crippen molar-refractivity contribution in [1.82, 2.24) is 10.3 Å². The van der Waals surface area contributed by atoms with Gasteiger partial charge in [0.05, 0.1) is 21.7 Å². The Balaban J connectivity index is 1.39. The maximum absolute atomic E-state index is 12.2. The second-order valence-corrected chi connectivity index (χ2v) is 9.97. The quantitative estimate of drug-likeness (QED) is 0.353. The highest BCUT2D eigenvalue weighted by Gasteiger charge is 2.16. The summed E-state index contributed by atoms with van der Waals surface area (Å²) in [4.78, 5) is 21.3. The summed E-state index contributed by atoms with van der Waals surface area (Å²) >= 11 is 9.00. The van der Waals surface area contributed by atoms with Gasteiger partial charge in [0.15, 0.2) is 4.34 Å². The fraction of sp³-hybridized carbons (Fsp3) is 0.318. The van der Waals surface area contributed by atoms with E-state index in [1.165, 1.54) is 31.0 Å². The van der Waals surface area contributed by atoms with Crippen molar-refractivity contribution < 1.29 is 9.90 Å². The lowest BCUT2D eigenvalue weighted by Gasteiger charge is -2.22. The molecule has 0 unspecified atom stereocenters. The standard InChI is InChI=1S/C22H22ClN3O2S2/c23-15-6-9-19(27)14(10-15)12-24-17-7-8-18-20(11-17)30-22(26-18)29-13-21(28)25-16-4-2-1-3-5-16/h6-12,16,27H,1-5,13H2,(H,25,28). The van der Waals surface area contributed by atoms with Crippen LogP contribution in [0.2, 0.25) is 5.02 Å². The Morgan fingerprint density at radius 1 is 1.27 bits per heavy atom. The second kappa shape index (κ2) is 9.81. The molecule has 0 aliphatic heterocycles. The fourth-order valence-electron chi connectivity index (χ4n) is 3.45. The van der Waals surface area contributed by atoms with Crippen LogP contribution in [0.1, 0.15) is 37.7 Å². The zero-order valence-corrected chi connectivity index (χ0v) is 18.7. The molecule has 1 aromatic heterocycles. The largest absolute Gasteiger partial charge is 0.507 e. The molecule has 1 amide bonds. The number of aromatic nitrogens is 1. The summed E-state index contributed by atoms with van der Waals surface area (Å²) < 4.78 is 1.88. The average molecular weight is 460 g/mol. The lowest BCUT2D eigenvalue weighted by molar-refractivity contribution is -0.119. The molecule has 1 aliphatic carbocycles. The number of carbonyl (C=O) groups excluding carboxylic acids is 1. The Bertz CT molecular complexity index is 1080. The first-order valence-electron chi connectivity index (χ1n) is 9.92. The second-order valence-electron chi connectivity index (χ2n) is 7.28. The lowest BCUT2D eigenvalue weighted by atomic mass is 9.95. The number of phenolic OH excluding ortho intramolecular Hbond substituents is 1. The summed E-state index contributed by atoms with van der Waals surface area (Å²) in [6, 6.07) is 10.9. The molecule has 1 aliphatic rings. The van der Waals surface area contributed by atoms with E-state index in [1.807, 2.05) is 18.2 Å². The number of halogens is 1. The minimum atomic E-state index is 0.0813. The molecule has 4 rings (SSSR count). The van der Waals surface area contributed by atoms with E-state index in [1.54, 1.807) is 35.8 Å². The van der Waals surface area contributed by atoms with Crippen molar-refractivity contribution in [3.8, 4) is 5.75 Å². The highest BCUT2D eigenvalue weighted by Crippen LogP contribution is 2.32. The van der Waals surface area contributed by atoms with Gasteiger partial charge in [0.2, 0.25) is 5.91 Å². The Labute approximate surface area is 188 Å². The van der Waals surface area contributed by atoms with Gasteiger partial charge < -0.3 is 10.4 Å². The highest BCUT2D eigenvalue weighted by atomic mass is 35.5. The molecule has 1 saturated carbocycles. The van der Waals surface area contributed by atoms with Crippen molar-refractivity contribution in [2.24, 2.45) is 4.99 Å². The van der Waals surface area contributed by atoms with Crippen LogP contribution in [0, 0.1) is 0 Å². The normalized spacial score (nSPS) is 15.1. The topological polar surface area (TPSA) is 74.6 Å². The van der Waals surface area contributed by atoms with Crippen LogP contribution in [0.15, 0.2) is 45.7 Å². The van der Waals surface area contributed by atoms with Crippen LogP contribution >= 0.6 is 34.7 Å². The van der Waals surface area contributed by atoms with Gasteiger partial charge in [-0.3, -0.25) is 9.79 Å². The van der Waals surface area contributed by atoms with Gasteiger partial charge >= 0.3 is 0 Å². The maximum Gasteiger partial charge on any atom is 0.230 e. The van der Waals surface area contributed by atoms with E-state index in [-0.39, 0.29) is 11.7 Å². The van der Waals surface area contributed by atoms with Gasteiger partial charge in [-0.25, -0.2) is 4.98 Å². The molecule has 0 atom stereocenters. The number of nitrogens with zero attached hydrogens (tertiary/aromatic N) is 2. The molecule has 0 bridgehead atoms. The highest BCUT2D eigenvalue weighted by molar-refractivity contribution is 8.01. The lowest BCUT2D eigenvalue weighted by Crippen LogP contribution is -2.37. The first-order chi connectivity index (χ1) is 14.6. The number of rotatable bonds is 6. The Kier molecular flexibility index (Phi) is 6.92. The zero-order chi connectivity index (χ0) is 20.9. The number of aromatic hydroxyl groups is 1. The third-order valence-electron chi connectivity index (χ3n) is 4.99. The number of aliphatic imine (C=N–C) groups is 1. The molecule has 0 saturated heterocycles. The summed E-state index contributed by atoms with van der Waals surface area (Å²) in [6.07, 6.45) is 7.46. The molecule has 2 aromatic carbocycles. The molecule has 30 heavy (non-hydrogen) atoms. The van der Waals surface area contributed by atoms with Crippen LogP contribution in [0.25, 0.3) is 10.2 Å². The van der Waals surface area contributed by atoms with Gasteiger partial charge in [-0.15, -0.1) is 11.3 Å². The number of thiazole rings is 1. The summed E-state index contributed by atoms with van der Waals surface area (Å²) in [5.41, 5.74) is 2.21. The minimum Gasteiger partial charge on any atom is -0.507 e. The fourth-order valence-corrected chi connectivity index (χ4v) is 5.54. The molecule has 2 N–H and O–H groups in total. The summed E-state index contributed by atoms with van der Waals surface area (Å²) in [5, 5.41) is 13.6. The molecular formula is C22H22ClN3O2S2. The molecule has 3 aromatic rings. The van der Waals surface area contributed by atoms with Crippen molar-refractivity contribution in [3.63, 3.8) is 0 Å².